The molecule has 4 atom stereocenters. The van der Waals surface area contributed by atoms with E-state index >= 15 is 4.39 Å². The number of ether oxygens (including phenoxy) is 1. The second-order valence-corrected chi connectivity index (χ2v) is 16.4. The molecule has 300 valence electrons. The molecule has 0 radical (unpaired) electrons. The van der Waals surface area contributed by atoms with E-state index in [0.717, 1.165) is 36.3 Å². The molecule has 57 heavy (non-hydrogen) atoms. The molecule has 4 heterocycles. The van der Waals surface area contributed by atoms with Crippen molar-refractivity contribution in [1.82, 2.24) is 30.1 Å². The van der Waals surface area contributed by atoms with Gasteiger partial charge in [0.05, 0.1) is 30.6 Å². The number of piperazine rings is 1. The molecule has 0 bridgehead atoms. The van der Waals surface area contributed by atoms with Gasteiger partial charge in [-0.05, 0) is 79.0 Å². The van der Waals surface area contributed by atoms with Crippen LogP contribution >= 0.6 is 0 Å². The molecule has 3 fully saturated rings. The number of carbonyl (C=O) groups excluding carboxylic acids is 4. The van der Waals surface area contributed by atoms with E-state index in [2.05, 4.69) is 51.3 Å². The van der Waals surface area contributed by atoms with E-state index < -0.39 is 23.9 Å². The summed E-state index contributed by atoms with van der Waals surface area (Å²) in [5.41, 5.74) is 3.41. The number of halogens is 1. The van der Waals surface area contributed by atoms with Gasteiger partial charge in [-0.25, -0.2) is 19.2 Å². The lowest BCUT2D eigenvalue weighted by Gasteiger charge is -2.40. The van der Waals surface area contributed by atoms with Gasteiger partial charge in [-0.2, -0.15) is 0 Å². The molecular weight excluding hydrogens is 728 g/mol. The first-order valence-corrected chi connectivity index (χ1v) is 19.7. The number of likely N-dealkylation sites (tertiary alicyclic amines) is 1. The first-order chi connectivity index (χ1) is 27.2. The Morgan fingerprint density at radius 1 is 0.965 bits per heavy atom. The quantitative estimate of drug-likeness (QED) is 0.162. The third kappa shape index (κ3) is 8.35. The van der Waals surface area contributed by atoms with E-state index in [-0.39, 0.29) is 41.1 Å². The van der Waals surface area contributed by atoms with Crippen LogP contribution in [0.1, 0.15) is 76.1 Å². The summed E-state index contributed by atoms with van der Waals surface area (Å²) in [4.78, 5) is 69.9. The van der Waals surface area contributed by atoms with E-state index in [1.807, 2.05) is 49.1 Å². The third-order valence-electron chi connectivity index (χ3n) is 11.6. The van der Waals surface area contributed by atoms with Crippen LogP contribution in [0.5, 0.6) is 0 Å². The van der Waals surface area contributed by atoms with Crippen molar-refractivity contribution in [2.45, 2.75) is 72.0 Å². The van der Waals surface area contributed by atoms with Crippen LogP contribution in [0.2, 0.25) is 0 Å². The molecule has 2 saturated heterocycles. The summed E-state index contributed by atoms with van der Waals surface area (Å²) >= 11 is 0. The molecule has 2 aliphatic heterocycles. The zero-order chi connectivity index (χ0) is 40.6. The van der Waals surface area contributed by atoms with Gasteiger partial charge in [0.2, 0.25) is 11.8 Å². The standard InChI is InChI=1S/C43H51FN8O5/c1-25(2)37(49-42(56)57-6)41(55)52-17-7-8-35(52)38-46-23-34(48-38)28-11-9-27(10-12-28)31-15-14-30(20-33(31)44)47-39(53)29-13-16-36(45-22-29)51-19-18-50(24-26(51)3)40(54)32-21-43(32,4)5/h9-16,20,22-23,25-26,32,35,37H,7-8,17-19,21,24H2,1-6H3,(H,46,48)(H,47,53)(H,49,56). The Balaban J connectivity index is 0.950. The lowest BCUT2D eigenvalue weighted by molar-refractivity contribution is -0.135. The highest BCUT2D eigenvalue weighted by atomic mass is 19.1. The number of methoxy groups -OCH3 is 1. The lowest BCUT2D eigenvalue weighted by atomic mass is 10.0. The van der Waals surface area contributed by atoms with Crippen LogP contribution in [-0.2, 0) is 14.3 Å². The zero-order valence-corrected chi connectivity index (χ0v) is 33.3. The molecule has 3 aliphatic rings. The molecule has 13 nitrogen and oxygen atoms in total. The molecule has 2 aromatic heterocycles. The topological polar surface area (TPSA) is 153 Å². The van der Waals surface area contributed by atoms with Gasteiger partial charge in [0.15, 0.2) is 0 Å². The van der Waals surface area contributed by atoms with Crippen molar-refractivity contribution < 1.29 is 28.3 Å². The molecule has 4 aromatic rings. The molecule has 3 N–H and O–H groups in total. The average Bonchev–Trinajstić information content (AvgIpc) is 3.54. The van der Waals surface area contributed by atoms with Crippen molar-refractivity contribution in [3.05, 3.63) is 84.2 Å². The lowest BCUT2D eigenvalue weighted by Crippen LogP contribution is -2.54. The predicted octanol–water partition coefficient (Wildman–Crippen LogP) is 6.66. The van der Waals surface area contributed by atoms with E-state index in [9.17, 15) is 19.2 Å². The number of aromatic amines is 1. The maximum absolute atomic E-state index is 15.5. The van der Waals surface area contributed by atoms with Crippen molar-refractivity contribution >= 4 is 35.3 Å². The van der Waals surface area contributed by atoms with Crippen molar-refractivity contribution in [2.24, 2.45) is 17.3 Å². The molecule has 7 rings (SSSR count). The predicted molar refractivity (Wildman–Crippen MR) is 215 cm³/mol. The number of hydrogen-bond donors (Lipinski definition) is 3. The van der Waals surface area contributed by atoms with Crippen LogP contribution < -0.4 is 15.5 Å². The van der Waals surface area contributed by atoms with Crippen molar-refractivity contribution in [2.75, 3.05) is 43.5 Å². The minimum Gasteiger partial charge on any atom is -0.453 e. The van der Waals surface area contributed by atoms with Gasteiger partial charge < -0.3 is 35.1 Å². The average molecular weight is 779 g/mol. The van der Waals surface area contributed by atoms with E-state index in [1.165, 1.54) is 19.4 Å². The molecule has 1 saturated carbocycles. The maximum atomic E-state index is 15.5. The van der Waals surface area contributed by atoms with Crippen LogP contribution in [0.25, 0.3) is 22.4 Å². The number of amides is 4. The van der Waals surface area contributed by atoms with Crippen molar-refractivity contribution in [3.63, 3.8) is 0 Å². The summed E-state index contributed by atoms with van der Waals surface area (Å²) in [5.74, 6) is 0.564. The zero-order valence-electron chi connectivity index (χ0n) is 33.3. The minimum absolute atomic E-state index is 0.0854. The second kappa shape index (κ2) is 16.0. The second-order valence-electron chi connectivity index (χ2n) is 16.4. The van der Waals surface area contributed by atoms with Crippen LogP contribution in [0, 0.1) is 23.1 Å². The number of rotatable bonds is 10. The Labute approximate surface area is 332 Å². The number of alkyl carbamates (subject to hydrolysis) is 1. The number of aromatic nitrogens is 3. The Kier molecular flexibility index (Phi) is 11.1. The van der Waals surface area contributed by atoms with Gasteiger partial charge >= 0.3 is 6.09 Å². The smallest absolute Gasteiger partial charge is 0.407 e. The summed E-state index contributed by atoms with van der Waals surface area (Å²) in [6, 6.07) is 14.6. The van der Waals surface area contributed by atoms with E-state index in [4.69, 9.17) is 4.74 Å². The maximum Gasteiger partial charge on any atom is 0.407 e. The Morgan fingerprint density at radius 3 is 2.33 bits per heavy atom. The molecule has 14 heteroatoms. The van der Waals surface area contributed by atoms with Crippen molar-refractivity contribution in [1.29, 1.82) is 0 Å². The normalized spacial score (nSPS) is 20.6. The van der Waals surface area contributed by atoms with Gasteiger partial charge in [-0.15, -0.1) is 0 Å². The minimum atomic E-state index is -0.720. The molecular formula is C43H51FN8O5. The number of H-pyrrole nitrogens is 1. The number of carbonyl (C=O) groups is 4. The fourth-order valence-corrected chi connectivity index (χ4v) is 8.00. The fourth-order valence-electron chi connectivity index (χ4n) is 8.00. The van der Waals surface area contributed by atoms with Crippen molar-refractivity contribution in [3.8, 4) is 22.4 Å². The number of pyridine rings is 1. The summed E-state index contributed by atoms with van der Waals surface area (Å²) in [7, 11) is 1.27. The highest BCUT2D eigenvalue weighted by Crippen LogP contribution is 2.52. The van der Waals surface area contributed by atoms with Gasteiger partial charge in [-0.3, -0.25) is 14.4 Å². The number of benzene rings is 2. The number of anilines is 2. The Hall–Kier alpha value is -5.79. The number of nitrogens with zero attached hydrogens (tertiary/aromatic N) is 5. The largest absolute Gasteiger partial charge is 0.453 e. The van der Waals surface area contributed by atoms with Gasteiger partial charge in [0.25, 0.3) is 5.91 Å². The number of nitrogens with one attached hydrogen (secondary N) is 3. The Bertz CT molecular complexity index is 2140. The van der Waals surface area contributed by atoms with Gasteiger partial charge in [0, 0.05) is 55.6 Å². The molecule has 4 amide bonds. The summed E-state index contributed by atoms with van der Waals surface area (Å²) in [6.07, 6.45) is 5.09. The summed E-state index contributed by atoms with van der Waals surface area (Å²) < 4.78 is 20.2. The van der Waals surface area contributed by atoms with Crippen LogP contribution in [0.4, 0.5) is 20.7 Å². The van der Waals surface area contributed by atoms with E-state index in [0.29, 0.717) is 54.4 Å². The van der Waals surface area contributed by atoms with Crippen LogP contribution in [0.3, 0.4) is 0 Å². The summed E-state index contributed by atoms with van der Waals surface area (Å²) in [6.45, 7) is 12.6. The highest BCUT2D eigenvalue weighted by molar-refractivity contribution is 6.04. The summed E-state index contributed by atoms with van der Waals surface area (Å²) in [5, 5.41) is 5.45. The Morgan fingerprint density at radius 2 is 1.70 bits per heavy atom. The van der Waals surface area contributed by atoms with Crippen LogP contribution in [-0.4, -0.2) is 93.9 Å². The molecule has 1 aliphatic carbocycles. The molecule has 2 aromatic carbocycles. The fraction of sp³-hybridized carbons (Fsp3) is 0.442. The van der Waals surface area contributed by atoms with Gasteiger partial charge in [-0.1, -0.05) is 52.0 Å². The number of hydrogen-bond acceptors (Lipinski definition) is 8. The van der Waals surface area contributed by atoms with E-state index in [1.54, 1.807) is 29.3 Å². The SMILES string of the molecule is COC(=O)NC(C(=O)N1CCCC1c1ncc(-c2ccc(-c3ccc(NC(=O)c4ccc(N5CCN(C(=O)C6CC6(C)C)CC5C)nc4)cc3F)cc2)[nH]1)C(C)C. The van der Waals surface area contributed by atoms with Crippen LogP contribution in [0.15, 0.2) is 67.0 Å². The van der Waals surface area contributed by atoms with Gasteiger partial charge in [0.1, 0.15) is 23.5 Å². The first kappa shape index (κ1) is 39.4. The first-order valence-electron chi connectivity index (χ1n) is 19.7. The molecule has 4 unspecified atom stereocenters. The highest BCUT2D eigenvalue weighted by Gasteiger charge is 2.52. The number of imidazole rings is 1. The third-order valence-corrected chi connectivity index (χ3v) is 11.6. The molecule has 0 spiro atoms. The monoisotopic (exact) mass is 778 g/mol.